The topological polar surface area (TPSA) is 29.1 Å². The Hall–Kier alpha value is -0.0500. The molecule has 0 aromatic heterocycles. The molecule has 1 N–H and O–H groups in total. The number of carbonyl (C=O) groups is 1. The van der Waals surface area contributed by atoms with E-state index in [4.69, 9.17) is 0 Å². The summed E-state index contributed by atoms with van der Waals surface area (Å²) in [5.74, 6) is 0.233. The second-order valence-electron chi connectivity index (χ2n) is 4.30. The van der Waals surface area contributed by atoms with Gasteiger partial charge < -0.3 is 5.32 Å². The fourth-order valence-corrected chi connectivity index (χ4v) is 1.98. The summed E-state index contributed by atoms with van der Waals surface area (Å²) in [6.07, 6.45) is 4.50. The maximum Gasteiger partial charge on any atom is 0.226 e. The first-order valence-electron chi connectivity index (χ1n) is 4.95. The highest BCUT2D eigenvalue weighted by Gasteiger charge is 2.36. The van der Waals surface area contributed by atoms with Crippen LogP contribution < -0.4 is 5.32 Å². The number of nitrogens with one attached hydrogen (secondary N) is 1. The van der Waals surface area contributed by atoms with E-state index in [1.165, 1.54) is 12.8 Å². The van der Waals surface area contributed by atoms with Crippen molar-refractivity contribution in [2.75, 3.05) is 5.33 Å². The van der Waals surface area contributed by atoms with E-state index in [2.05, 4.69) is 28.2 Å². The summed E-state index contributed by atoms with van der Waals surface area (Å²) in [6.45, 7) is 4.10. The monoisotopic (exact) mass is 247 g/mol. The van der Waals surface area contributed by atoms with Gasteiger partial charge in [-0.05, 0) is 19.8 Å². The van der Waals surface area contributed by atoms with Crippen molar-refractivity contribution in [3.63, 3.8) is 0 Å². The van der Waals surface area contributed by atoms with Crippen LogP contribution in [0, 0.1) is 5.41 Å². The van der Waals surface area contributed by atoms with Gasteiger partial charge in [-0.15, -0.1) is 0 Å². The van der Waals surface area contributed by atoms with Gasteiger partial charge >= 0.3 is 0 Å². The third-order valence-electron chi connectivity index (χ3n) is 2.86. The van der Waals surface area contributed by atoms with Crippen molar-refractivity contribution < 1.29 is 4.79 Å². The lowest BCUT2D eigenvalue weighted by Gasteiger charge is -2.24. The van der Waals surface area contributed by atoms with Crippen LogP contribution in [0.5, 0.6) is 0 Å². The predicted molar refractivity (Wildman–Crippen MR) is 58.0 cm³/mol. The molecule has 0 spiro atoms. The highest BCUT2D eigenvalue weighted by molar-refractivity contribution is 9.09. The zero-order chi connectivity index (χ0) is 9.90. The van der Waals surface area contributed by atoms with Gasteiger partial charge in [0, 0.05) is 16.8 Å². The molecule has 0 heterocycles. The Balaban J connectivity index is 2.46. The summed E-state index contributed by atoms with van der Waals surface area (Å²) >= 11 is 3.35. The third kappa shape index (κ3) is 2.70. The van der Waals surface area contributed by atoms with E-state index in [1.807, 2.05) is 6.92 Å². The first kappa shape index (κ1) is 11.0. The smallest absolute Gasteiger partial charge is 0.226 e. The largest absolute Gasteiger partial charge is 0.352 e. The van der Waals surface area contributed by atoms with Gasteiger partial charge in [-0.2, -0.15) is 0 Å². The second kappa shape index (κ2) is 4.45. The molecule has 1 fully saturated rings. The molecule has 0 saturated heterocycles. The molecular weight excluding hydrogens is 230 g/mol. The number of halogens is 1. The van der Waals surface area contributed by atoms with Crippen LogP contribution >= 0.6 is 15.9 Å². The van der Waals surface area contributed by atoms with E-state index >= 15 is 0 Å². The molecule has 0 bridgehead atoms. The lowest BCUT2D eigenvalue weighted by molar-refractivity contribution is -0.130. The van der Waals surface area contributed by atoms with Crippen molar-refractivity contribution in [1.82, 2.24) is 5.32 Å². The van der Waals surface area contributed by atoms with Crippen molar-refractivity contribution in [2.45, 2.75) is 45.6 Å². The van der Waals surface area contributed by atoms with E-state index < -0.39 is 0 Å². The Bertz CT molecular complexity index is 187. The molecule has 76 valence electrons. The molecule has 1 aliphatic rings. The highest BCUT2D eigenvalue weighted by Crippen LogP contribution is 2.37. The van der Waals surface area contributed by atoms with E-state index in [9.17, 15) is 4.79 Å². The summed E-state index contributed by atoms with van der Waals surface area (Å²) < 4.78 is 0. The summed E-state index contributed by atoms with van der Waals surface area (Å²) in [4.78, 5) is 11.8. The van der Waals surface area contributed by atoms with Crippen LogP contribution in [0.4, 0.5) is 0 Å². The standard InChI is InChI=1S/C10H18BrNO/c1-8(7-11)12-9(13)10(2)5-3-4-6-10/h8H,3-7H2,1-2H3,(H,12,13). The lowest BCUT2D eigenvalue weighted by Crippen LogP contribution is -2.42. The van der Waals surface area contributed by atoms with Crippen molar-refractivity contribution in [2.24, 2.45) is 5.41 Å². The average molecular weight is 248 g/mol. The van der Waals surface area contributed by atoms with Crippen LogP contribution in [0.15, 0.2) is 0 Å². The van der Waals surface area contributed by atoms with Gasteiger partial charge in [-0.3, -0.25) is 4.79 Å². The van der Waals surface area contributed by atoms with E-state index in [-0.39, 0.29) is 17.4 Å². The van der Waals surface area contributed by atoms with E-state index in [0.717, 1.165) is 18.2 Å². The zero-order valence-electron chi connectivity index (χ0n) is 8.40. The summed E-state index contributed by atoms with van der Waals surface area (Å²) in [6, 6.07) is 0.241. The minimum Gasteiger partial charge on any atom is -0.352 e. The van der Waals surface area contributed by atoms with Gasteiger partial charge in [-0.25, -0.2) is 0 Å². The third-order valence-corrected chi connectivity index (χ3v) is 3.84. The van der Waals surface area contributed by atoms with Crippen molar-refractivity contribution in [1.29, 1.82) is 0 Å². The number of hydrogen-bond acceptors (Lipinski definition) is 1. The fourth-order valence-electron chi connectivity index (χ4n) is 1.82. The molecular formula is C10H18BrNO. The Morgan fingerprint density at radius 3 is 2.54 bits per heavy atom. The number of hydrogen-bond donors (Lipinski definition) is 1. The SMILES string of the molecule is CC(CBr)NC(=O)C1(C)CCCC1. The Labute approximate surface area is 88.6 Å². The van der Waals surface area contributed by atoms with Crippen LogP contribution in [0.3, 0.4) is 0 Å². The molecule has 3 heteroatoms. The number of rotatable bonds is 3. The Kier molecular flexibility index (Phi) is 3.77. The highest BCUT2D eigenvalue weighted by atomic mass is 79.9. The van der Waals surface area contributed by atoms with Crippen molar-refractivity contribution in [3.05, 3.63) is 0 Å². The molecule has 13 heavy (non-hydrogen) atoms. The van der Waals surface area contributed by atoms with Gasteiger partial charge in [0.15, 0.2) is 0 Å². The molecule has 1 unspecified atom stereocenters. The minimum atomic E-state index is -0.0869. The quantitative estimate of drug-likeness (QED) is 0.764. The summed E-state index contributed by atoms with van der Waals surface area (Å²) in [5.41, 5.74) is -0.0869. The molecule has 1 aliphatic carbocycles. The number of carbonyl (C=O) groups excluding carboxylic acids is 1. The van der Waals surface area contributed by atoms with Gasteiger partial charge in [-0.1, -0.05) is 35.7 Å². The van der Waals surface area contributed by atoms with Crippen LogP contribution in [0.1, 0.15) is 39.5 Å². The normalized spacial score (nSPS) is 22.7. The van der Waals surface area contributed by atoms with E-state index in [1.54, 1.807) is 0 Å². The van der Waals surface area contributed by atoms with Crippen molar-refractivity contribution >= 4 is 21.8 Å². The molecule has 0 aromatic carbocycles. The first-order chi connectivity index (χ1) is 6.08. The molecule has 1 saturated carbocycles. The molecule has 0 radical (unpaired) electrons. The van der Waals surface area contributed by atoms with E-state index in [0.29, 0.717) is 0 Å². The van der Waals surface area contributed by atoms with Gasteiger partial charge in [0.25, 0.3) is 0 Å². The predicted octanol–water partition coefficient (Wildman–Crippen LogP) is 2.47. The first-order valence-corrected chi connectivity index (χ1v) is 6.07. The Morgan fingerprint density at radius 1 is 1.54 bits per heavy atom. The molecule has 2 nitrogen and oxygen atoms in total. The second-order valence-corrected chi connectivity index (χ2v) is 4.94. The van der Waals surface area contributed by atoms with Gasteiger partial charge in [0.05, 0.1) is 0 Å². The minimum absolute atomic E-state index is 0.0869. The molecule has 0 aliphatic heterocycles. The fraction of sp³-hybridized carbons (Fsp3) is 0.900. The molecule has 1 rings (SSSR count). The van der Waals surface area contributed by atoms with Gasteiger partial charge in [0.2, 0.25) is 5.91 Å². The average Bonchev–Trinajstić information content (AvgIpc) is 2.53. The van der Waals surface area contributed by atoms with Crippen LogP contribution in [-0.2, 0) is 4.79 Å². The molecule has 0 aromatic rings. The summed E-state index contributed by atoms with van der Waals surface area (Å²) in [7, 11) is 0. The summed E-state index contributed by atoms with van der Waals surface area (Å²) in [5, 5.41) is 3.85. The number of alkyl halides is 1. The van der Waals surface area contributed by atoms with Crippen molar-refractivity contribution in [3.8, 4) is 0 Å². The Morgan fingerprint density at radius 2 is 2.08 bits per heavy atom. The molecule has 1 amide bonds. The number of amides is 1. The maximum absolute atomic E-state index is 11.8. The lowest BCUT2D eigenvalue weighted by atomic mass is 9.87. The maximum atomic E-state index is 11.8. The van der Waals surface area contributed by atoms with Crippen LogP contribution in [0.25, 0.3) is 0 Å². The van der Waals surface area contributed by atoms with Gasteiger partial charge in [0.1, 0.15) is 0 Å². The molecule has 1 atom stereocenters. The van der Waals surface area contributed by atoms with Crippen LogP contribution in [-0.4, -0.2) is 17.3 Å². The zero-order valence-corrected chi connectivity index (χ0v) is 9.99. The van der Waals surface area contributed by atoms with Crippen LogP contribution in [0.2, 0.25) is 0 Å².